The topological polar surface area (TPSA) is 41.5 Å². The van der Waals surface area contributed by atoms with Crippen molar-refractivity contribution in [3.8, 4) is 0 Å². The Kier molecular flexibility index (Phi) is 7.73. The molecule has 1 saturated carbocycles. The first-order valence-electron chi connectivity index (χ1n) is 9.55. The Balaban J connectivity index is 1.74. The Labute approximate surface area is 147 Å². The molecule has 0 amide bonds. The van der Waals surface area contributed by atoms with E-state index in [1.54, 1.807) is 0 Å². The summed E-state index contributed by atoms with van der Waals surface area (Å²) in [6, 6.07) is 10.6. The Morgan fingerprint density at radius 3 is 2.54 bits per heavy atom. The van der Waals surface area contributed by atoms with Gasteiger partial charge in [0.15, 0.2) is 0 Å². The molecule has 0 heterocycles. The van der Waals surface area contributed by atoms with Gasteiger partial charge in [-0.25, -0.2) is 0 Å². The fourth-order valence-electron chi connectivity index (χ4n) is 3.77. The predicted octanol–water partition coefficient (Wildman–Crippen LogP) is 4.18. The summed E-state index contributed by atoms with van der Waals surface area (Å²) in [6.45, 7) is 10.00. The van der Waals surface area contributed by atoms with Crippen molar-refractivity contribution in [2.45, 2.75) is 65.2 Å². The first-order valence-corrected chi connectivity index (χ1v) is 9.55. The molecule has 136 valence electrons. The average Bonchev–Trinajstić information content (AvgIpc) is 2.58. The lowest BCUT2D eigenvalue weighted by atomic mass is 9.75. The summed E-state index contributed by atoms with van der Waals surface area (Å²) in [5.74, 6) is 2.01. The van der Waals surface area contributed by atoms with E-state index in [0.717, 1.165) is 12.3 Å². The van der Waals surface area contributed by atoms with Gasteiger partial charge in [-0.05, 0) is 43.1 Å². The van der Waals surface area contributed by atoms with Crippen LogP contribution in [0.15, 0.2) is 30.3 Å². The smallest absolute Gasteiger partial charge is 0.0898 e. The lowest BCUT2D eigenvalue weighted by molar-refractivity contribution is -0.0685. The van der Waals surface area contributed by atoms with Crippen LogP contribution in [0.1, 0.15) is 58.6 Å². The van der Waals surface area contributed by atoms with Gasteiger partial charge in [0.2, 0.25) is 0 Å². The fraction of sp³-hybridized carbons (Fsp3) is 0.714. The normalized spacial score (nSPS) is 27.2. The minimum Gasteiger partial charge on any atom is -0.389 e. The lowest BCUT2D eigenvalue weighted by Gasteiger charge is -2.37. The number of benzene rings is 1. The van der Waals surface area contributed by atoms with Gasteiger partial charge < -0.3 is 15.2 Å². The molecule has 1 aromatic rings. The van der Waals surface area contributed by atoms with Gasteiger partial charge in [0, 0.05) is 12.6 Å². The Bertz CT molecular complexity index is 462. The second kappa shape index (κ2) is 9.55. The lowest BCUT2D eigenvalue weighted by Crippen LogP contribution is -2.38. The molecule has 5 atom stereocenters. The van der Waals surface area contributed by atoms with Gasteiger partial charge >= 0.3 is 0 Å². The van der Waals surface area contributed by atoms with Gasteiger partial charge in [-0.2, -0.15) is 0 Å². The van der Waals surface area contributed by atoms with Crippen molar-refractivity contribution in [2.24, 2.45) is 17.8 Å². The second-order valence-electron chi connectivity index (χ2n) is 7.89. The van der Waals surface area contributed by atoms with Crippen LogP contribution in [-0.4, -0.2) is 30.5 Å². The zero-order chi connectivity index (χ0) is 17.5. The summed E-state index contributed by atoms with van der Waals surface area (Å²) >= 11 is 0. The predicted molar refractivity (Wildman–Crippen MR) is 99.9 cm³/mol. The minimum absolute atomic E-state index is 0.235. The summed E-state index contributed by atoms with van der Waals surface area (Å²) < 4.78 is 6.14. The number of hydrogen-bond donors (Lipinski definition) is 2. The fourth-order valence-corrected chi connectivity index (χ4v) is 3.77. The summed E-state index contributed by atoms with van der Waals surface area (Å²) in [4.78, 5) is 0. The van der Waals surface area contributed by atoms with Gasteiger partial charge in [-0.1, -0.05) is 57.5 Å². The molecule has 2 rings (SSSR count). The molecule has 0 radical (unpaired) electrons. The maximum atomic E-state index is 10.3. The van der Waals surface area contributed by atoms with E-state index in [2.05, 4.69) is 45.1 Å². The molecule has 0 unspecified atom stereocenters. The highest BCUT2D eigenvalue weighted by Crippen LogP contribution is 2.35. The van der Waals surface area contributed by atoms with Gasteiger partial charge in [0.25, 0.3) is 0 Å². The molecule has 0 bridgehead atoms. The third-order valence-corrected chi connectivity index (χ3v) is 5.42. The summed E-state index contributed by atoms with van der Waals surface area (Å²) in [5.41, 5.74) is 1.24. The number of aliphatic hydroxyl groups excluding tert-OH is 1. The van der Waals surface area contributed by atoms with Crippen molar-refractivity contribution in [1.29, 1.82) is 0 Å². The Morgan fingerprint density at radius 2 is 1.88 bits per heavy atom. The molecule has 3 nitrogen and oxygen atoms in total. The Morgan fingerprint density at radius 1 is 1.17 bits per heavy atom. The molecule has 0 aliphatic heterocycles. The van der Waals surface area contributed by atoms with E-state index >= 15 is 0 Å². The van der Waals surface area contributed by atoms with E-state index in [0.29, 0.717) is 31.1 Å². The van der Waals surface area contributed by atoms with Crippen molar-refractivity contribution in [2.75, 3.05) is 13.2 Å². The van der Waals surface area contributed by atoms with E-state index < -0.39 is 6.10 Å². The van der Waals surface area contributed by atoms with Crippen LogP contribution in [0.2, 0.25) is 0 Å². The molecule has 2 N–H and O–H groups in total. The zero-order valence-corrected chi connectivity index (χ0v) is 15.7. The number of nitrogens with one attached hydrogen (secondary N) is 1. The first-order chi connectivity index (χ1) is 11.5. The average molecular weight is 334 g/mol. The number of rotatable bonds is 8. The van der Waals surface area contributed by atoms with Crippen molar-refractivity contribution in [3.05, 3.63) is 35.9 Å². The van der Waals surface area contributed by atoms with E-state index in [9.17, 15) is 5.11 Å². The Hall–Kier alpha value is -0.900. The van der Waals surface area contributed by atoms with Crippen molar-refractivity contribution < 1.29 is 9.84 Å². The molecule has 1 aliphatic rings. The molecule has 0 aromatic heterocycles. The van der Waals surface area contributed by atoms with E-state index in [1.807, 2.05) is 18.2 Å². The third-order valence-electron chi connectivity index (χ3n) is 5.42. The SMILES string of the molecule is CC(C)[C@H]1CC[C@@H](C)C[C@H]1OC[C@@H](O)CN[C@H](C)c1ccccc1. The summed E-state index contributed by atoms with van der Waals surface area (Å²) in [7, 11) is 0. The highest BCUT2D eigenvalue weighted by molar-refractivity contribution is 5.17. The highest BCUT2D eigenvalue weighted by atomic mass is 16.5. The van der Waals surface area contributed by atoms with Crippen LogP contribution >= 0.6 is 0 Å². The molecule has 1 aliphatic carbocycles. The van der Waals surface area contributed by atoms with Crippen LogP contribution in [0, 0.1) is 17.8 Å². The van der Waals surface area contributed by atoms with Crippen LogP contribution in [0.25, 0.3) is 0 Å². The molecule has 0 saturated heterocycles. The van der Waals surface area contributed by atoms with Gasteiger partial charge in [0.1, 0.15) is 0 Å². The minimum atomic E-state index is -0.457. The van der Waals surface area contributed by atoms with Gasteiger partial charge in [-0.3, -0.25) is 0 Å². The molecular formula is C21H35NO2. The van der Waals surface area contributed by atoms with Crippen molar-refractivity contribution in [3.63, 3.8) is 0 Å². The van der Waals surface area contributed by atoms with E-state index in [1.165, 1.54) is 18.4 Å². The summed E-state index contributed by atoms with van der Waals surface area (Å²) in [5, 5.41) is 13.7. The van der Waals surface area contributed by atoms with Gasteiger partial charge in [-0.15, -0.1) is 0 Å². The molecular weight excluding hydrogens is 298 g/mol. The molecule has 1 aromatic carbocycles. The van der Waals surface area contributed by atoms with Crippen LogP contribution in [0.3, 0.4) is 0 Å². The molecule has 0 spiro atoms. The number of aliphatic hydroxyl groups is 1. The first kappa shape index (κ1) is 19.4. The standard InChI is InChI=1S/C21H35NO2/c1-15(2)20-11-10-16(3)12-21(20)24-14-19(23)13-22-17(4)18-8-6-5-7-9-18/h5-9,15-17,19-23H,10-14H2,1-4H3/t16-,17-,19+,20-,21-/m1/s1. The van der Waals surface area contributed by atoms with Crippen LogP contribution < -0.4 is 5.32 Å². The zero-order valence-electron chi connectivity index (χ0n) is 15.7. The number of ether oxygens (including phenoxy) is 1. The van der Waals surface area contributed by atoms with Crippen LogP contribution in [0.4, 0.5) is 0 Å². The van der Waals surface area contributed by atoms with Crippen LogP contribution in [-0.2, 0) is 4.74 Å². The van der Waals surface area contributed by atoms with Gasteiger partial charge in [0.05, 0.1) is 18.8 Å². The maximum Gasteiger partial charge on any atom is 0.0898 e. The van der Waals surface area contributed by atoms with Crippen molar-refractivity contribution >= 4 is 0 Å². The highest BCUT2D eigenvalue weighted by Gasteiger charge is 2.31. The molecule has 1 fully saturated rings. The molecule has 24 heavy (non-hydrogen) atoms. The van der Waals surface area contributed by atoms with E-state index in [-0.39, 0.29) is 6.04 Å². The third kappa shape index (κ3) is 5.87. The van der Waals surface area contributed by atoms with Crippen molar-refractivity contribution in [1.82, 2.24) is 5.32 Å². The van der Waals surface area contributed by atoms with E-state index in [4.69, 9.17) is 4.74 Å². The molecule has 3 heteroatoms. The van der Waals surface area contributed by atoms with Crippen LogP contribution in [0.5, 0.6) is 0 Å². The maximum absolute atomic E-state index is 10.3. The quantitative estimate of drug-likeness (QED) is 0.750. The largest absolute Gasteiger partial charge is 0.389 e. The number of hydrogen-bond acceptors (Lipinski definition) is 3. The summed E-state index contributed by atoms with van der Waals surface area (Å²) in [6.07, 6.45) is 3.53. The monoisotopic (exact) mass is 333 g/mol. The second-order valence-corrected chi connectivity index (χ2v) is 7.89.